The highest BCUT2D eigenvalue weighted by Crippen LogP contribution is 2.13. The normalized spacial score (nSPS) is 10.1. The highest BCUT2D eigenvalue weighted by Gasteiger charge is 1.99. The third-order valence-electron chi connectivity index (χ3n) is 2.28. The number of pyridine rings is 1. The number of hydrogen-bond acceptors (Lipinski definition) is 6. The van der Waals surface area contributed by atoms with E-state index in [2.05, 4.69) is 25.6 Å². The van der Waals surface area contributed by atoms with Gasteiger partial charge in [0.25, 0.3) is 0 Å². The molecular weight excluding hydrogens is 228 g/mol. The Morgan fingerprint density at radius 2 is 1.94 bits per heavy atom. The first-order chi connectivity index (χ1) is 8.88. The molecule has 0 aromatic carbocycles. The van der Waals surface area contributed by atoms with Crippen LogP contribution in [0, 0.1) is 0 Å². The smallest absolute Gasteiger partial charge is 0.137 e. The van der Waals surface area contributed by atoms with Crippen LogP contribution in [0.5, 0.6) is 0 Å². The topological polar surface area (TPSA) is 88.8 Å². The average Bonchev–Trinajstić information content (AvgIpc) is 2.41. The van der Waals surface area contributed by atoms with E-state index in [0.29, 0.717) is 12.4 Å². The molecule has 2 aromatic rings. The number of nitrogens with one attached hydrogen (secondary N) is 2. The van der Waals surface area contributed by atoms with Crippen LogP contribution in [0.4, 0.5) is 17.5 Å². The predicted octanol–water partition coefficient (Wildman–Crippen LogP) is 1.38. The van der Waals surface area contributed by atoms with Gasteiger partial charge >= 0.3 is 0 Å². The Morgan fingerprint density at radius 3 is 2.72 bits per heavy atom. The first-order valence-electron chi connectivity index (χ1n) is 5.82. The van der Waals surface area contributed by atoms with Crippen LogP contribution >= 0.6 is 0 Å². The van der Waals surface area contributed by atoms with Gasteiger partial charge < -0.3 is 16.4 Å². The first kappa shape index (κ1) is 12.3. The summed E-state index contributed by atoms with van der Waals surface area (Å²) >= 11 is 0. The molecule has 0 atom stereocenters. The SMILES string of the molecule is NCCCNc1cc(Nc2ccccn2)ncn1. The summed E-state index contributed by atoms with van der Waals surface area (Å²) in [5.41, 5.74) is 5.43. The third kappa shape index (κ3) is 3.67. The lowest BCUT2D eigenvalue weighted by atomic mass is 10.4. The zero-order valence-corrected chi connectivity index (χ0v) is 10.0. The van der Waals surface area contributed by atoms with Gasteiger partial charge in [-0.15, -0.1) is 0 Å². The van der Waals surface area contributed by atoms with Crippen LogP contribution in [0.25, 0.3) is 0 Å². The Morgan fingerprint density at radius 1 is 1.06 bits per heavy atom. The van der Waals surface area contributed by atoms with E-state index in [9.17, 15) is 0 Å². The van der Waals surface area contributed by atoms with E-state index < -0.39 is 0 Å². The lowest BCUT2D eigenvalue weighted by Crippen LogP contribution is -2.09. The van der Waals surface area contributed by atoms with Crippen molar-refractivity contribution in [2.75, 3.05) is 23.7 Å². The van der Waals surface area contributed by atoms with Gasteiger partial charge in [-0.3, -0.25) is 0 Å². The van der Waals surface area contributed by atoms with E-state index in [1.807, 2.05) is 24.3 Å². The molecule has 0 saturated heterocycles. The van der Waals surface area contributed by atoms with E-state index in [0.717, 1.165) is 24.6 Å². The molecule has 6 nitrogen and oxygen atoms in total. The minimum absolute atomic E-state index is 0.664. The molecule has 2 aromatic heterocycles. The molecule has 0 aliphatic rings. The van der Waals surface area contributed by atoms with Crippen LogP contribution in [0.3, 0.4) is 0 Å². The predicted molar refractivity (Wildman–Crippen MR) is 71.7 cm³/mol. The Hall–Kier alpha value is -2.21. The summed E-state index contributed by atoms with van der Waals surface area (Å²) in [7, 11) is 0. The van der Waals surface area contributed by atoms with Crippen molar-refractivity contribution in [2.45, 2.75) is 6.42 Å². The van der Waals surface area contributed by atoms with Crippen molar-refractivity contribution >= 4 is 17.5 Å². The molecule has 0 aliphatic carbocycles. The molecular formula is C12H16N6. The second-order valence-corrected chi connectivity index (χ2v) is 3.70. The van der Waals surface area contributed by atoms with Crippen molar-refractivity contribution in [2.24, 2.45) is 5.73 Å². The summed E-state index contributed by atoms with van der Waals surface area (Å²) in [6.07, 6.45) is 4.15. The van der Waals surface area contributed by atoms with Crippen LogP contribution < -0.4 is 16.4 Å². The molecule has 94 valence electrons. The van der Waals surface area contributed by atoms with Gasteiger partial charge in [-0.25, -0.2) is 15.0 Å². The maximum absolute atomic E-state index is 5.43. The lowest BCUT2D eigenvalue weighted by molar-refractivity contribution is 0.869. The first-order valence-corrected chi connectivity index (χ1v) is 5.82. The molecule has 0 radical (unpaired) electrons. The second kappa shape index (κ2) is 6.51. The maximum atomic E-state index is 5.43. The number of nitrogens with zero attached hydrogens (tertiary/aromatic N) is 3. The van der Waals surface area contributed by atoms with Gasteiger partial charge in [0.15, 0.2) is 0 Å². The largest absolute Gasteiger partial charge is 0.370 e. The van der Waals surface area contributed by atoms with Crippen LogP contribution in [0.1, 0.15) is 6.42 Å². The molecule has 0 aliphatic heterocycles. The molecule has 6 heteroatoms. The summed E-state index contributed by atoms with van der Waals surface area (Å²) in [4.78, 5) is 12.4. The summed E-state index contributed by atoms with van der Waals surface area (Å²) < 4.78 is 0. The minimum Gasteiger partial charge on any atom is -0.370 e. The van der Waals surface area contributed by atoms with E-state index in [-0.39, 0.29) is 0 Å². The van der Waals surface area contributed by atoms with Gasteiger partial charge in [0, 0.05) is 18.8 Å². The highest BCUT2D eigenvalue weighted by atomic mass is 15.1. The van der Waals surface area contributed by atoms with Crippen molar-refractivity contribution in [1.29, 1.82) is 0 Å². The van der Waals surface area contributed by atoms with Crippen LogP contribution in [-0.2, 0) is 0 Å². The van der Waals surface area contributed by atoms with Crippen LogP contribution in [-0.4, -0.2) is 28.0 Å². The highest BCUT2D eigenvalue weighted by molar-refractivity contribution is 5.55. The second-order valence-electron chi connectivity index (χ2n) is 3.70. The summed E-state index contributed by atoms with van der Waals surface area (Å²) in [6, 6.07) is 7.50. The molecule has 0 bridgehead atoms. The number of aromatic nitrogens is 3. The summed E-state index contributed by atoms with van der Waals surface area (Å²) in [6.45, 7) is 1.47. The number of rotatable bonds is 6. The average molecular weight is 244 g/mol. The lowest BCUT2D eigenvalue weighted by Gasteiger charge is -2.07. The number of hydrogen-bond donors (Lipinski definition) is 3. The molecule has 0 unspecified atom stereocenters. The van der Waals surface area contributed by atoms with Gasteiger partial charge in [0.1, 0.15) is 23.8 Å². The third-order valence-corrected chi connectivity index (χ3v) is 2.28. The van der Waals surface area contributed by atoms with Crippen LogP contribution in [0.15, 0.2) is 36.8 Å². The minimum atomic E-state index is 0.664. The Kier molecular flexibility index (Phi) is 4.43. The zero-order chi connectivity index (χ0) is 12.6. The molecule has 2 heterocycles. The van der Waals surface area contributed by atoms with E-state index in [1.165, 1.54) is 6.33 Å². The summed E-state index contributed by atoms with van der Waals surface area (Å²) in [5, 5.41) is 6.29. The van der Waals surface area contributed by atoms with Crippen LogP contribution in [0.2, 0.25) is 0 Å². The van der Waals surface area contributed by atoms with Crippen molar-refractivity contribution < 1.29 is 0 Å². The van der Waals surface area contributed by atoms with Gasteiger partial charge in [-0.1, -0.05) is 6.07 Å². The standard InChI is InChI=1S/C12H16N6/c13-5-3-7-15-11-8-12(17-9-16-11)18-10-4-1-2-6-14-10/h1-2,4,6,8-9H,3,5,7,13H2,(H2,14,15,16,17,18). The monoisotopic (exact) mass is 244 g/mol. The Balaban J connectivity index is 1.99. The maximum Gasteiger partial charge on any atom is 0.137 e. The van der Waals surface area contributed by atoms with Gasteiger partial charge in [0.2, 0.25) is 0 Å². The van der Waals surface area contributed by atoms with E-state index in [1.54, 1.807) is 6.20 Å². The van der Waals surface area contributed by atoms with Gasteiger partial charge in [-0.05, 0) is 25.1 Å². The van der Waals surface area contributed by atoms with Gasteiger partial charge in [-0.2, -0.15) is 0 Å². The number of anilines is 3. The van der Waals surface area contributed by atoms with Crippen molar-refractivity contribution in [3.05, 3.63) is 36.8 Å². The zero-order valence-electron chi connectivity index (χ0n) is 10.0. The molecule has 18 heavy (non-hydrogen) atoms. The fourth-order valence-corrected chi connectivity index (χ4v) is 1.41. The Bertz CT molecular complexity index is 473. The van der Waals surface area contributed by atoms with Crippen molar-refractivity contribution in [1.82, 2.24) is 15.0 Å². The van der Waals surface area contributed by atoms with Crippen molar-refractivity contribution in [3.63, 3.8) is 0 Å². The molecule has 0 amide bonds. The molecule has 0 fully saturated rings. The molecule has 0 spiro atoms. The van der Waals surface area contributed by atoms with Gasteiger partial charge in [0.05, 0.1) is 0 Å². The molecule has 4 N–H and O–H groups in total. The fourth-order valence-electron chi connectivity index (χ4n) is 1.41. The molecule has 0 saturated carbocycles. The molecule has 2 rings (SSSR count). The Labute approximate surface area is 106 Å². The quantitative estimate of drug-likeness (QED) is 0.665. The summed E-state index contributed by atoms with van der Waals surface area (Å²) in [5.74, 6) is 2.24. The van der Waals surface area contributed by atoms with E-state index in [4.69, 9.17) is 5.73 Å². The fraction of sp³-hybridized carbons (Fsp3) is 0.250. The van der Waals surface area contributed by atoms with Crippen molar-refractivity contribution in [3.8, 4) is 0 Å². The number of nitrogens with two attached hydrogens (primary N) is 1. The van der Waals surface area contributed by atoms with E-state index >= 15 is 0 Å².